The zero-order valence-electron chi connectivity index (χ0n) is 13.2. The smallest absolute Gasteiger partial charge is 0.313 e. The number of benzene rings is 2. The second-order valence-electron chi connectivity index (χ2n) is 5.05. The topological polar surface area (TPSA) is 87.7 Å². The molecule has 1 atom stereocenters. The Labute approximate surface area is 138 Å². The molecule has 2 aromatic rings. The van der Waals surface area contributed by atoms with Crippen molar-refractivity contribution >= 4 is 17.5 Å². The number of ether oxygens (including phenoxy) is 1. The van der Waals surface area contributed by atoms with Crippen LogP contribution in [0.3, 0.4) is 0 Å². The number of nitrogens with one attached hydrogen (secondary N) is 2. The van der Waals surface area contributed by atoms with Crippen molar-refractivity contribution in [1.82, 2.24) is 5.32 Å². The first kappa shape index (κ1) is 17.3. The molecule has 2 aromatic carbocycles. The number of carbonyl (C=O) groups excluding carboxylic acids is 2. The zero-order valence-corrected chi connectivity index (χ0v) is 13.2. The predicted molar refractivity (Wildman–Crippen MR) is 86.2 cm³/mol. The van der Waals surface area contributed by atoms with Crippen molar-refractivity contribution in [2.75, 3.05) is 12.4 Å². The van der Waals surface area contributed by atoms with Gasteiger partial charge in [0.15, 0.2) is 0 Å². The van der Waals surface area contributed by atoms with Gasteiger partial charge in [-0.2, -0.15) is 0 Å². The number of aromatic hydroxyl groups is 1. The van der Waals surface area contributed by atoms with Crippen molar-refractivity contribution in [3.8, 4) is 11.5 Å². The average molecular weight is 332 g/mol. The van der Waals surface area contributed by atoms with E-state index >= 15 is 0 Å². The van der Waals surface area contributed by atoms with E-state index in [1.54, 1.807) is 19.1 Å². The molecule has 0 aliphatic heterocycles. The van der Waals surface area contributed by atoms with Crippen LogP contribution in [0.2, 0.25) is 0 Å². The van der Waals surface area contributed by atoms with Crippen LogP contribution in [-0.2, 0) is 9.59 Å². The van der Waals surface area contributed by atoms with E-state index < -0.39 is 23.7 Å². The third-order valence-electron chi connectivity index (χ3n) is 3.38. The summed E-state index contributed by atoms with van der Waals surface area (Å²) in [4.78, 5) is 23.8. The standard InChI is InChI=1S/C17H17FN2O4/c1-10(12-9-11(24-2)7-8-15(12)21)19-16(22)17(23)20-14-6-4-3-5-13(14)18/h3-10,21H,1-2H3,(H,19,22)(H,20,23)/t10-/m1/s1. The molecule has 0 saturated carbocycles. The molecule has 0 aliphatic carbocycles. The Morgan fingerprint density at radius 3 is 2.54 bits per heavy atom. The van der Waals surface area contributed by atoms with E-state index in [1.807, 2.05) is 0 Å². The largest absolute Gasteiger partial charge is 0.508 e. The maximum absolute atomic E-state index is 13.5. The number of rotatable bonds is 4. The monoisotopic (exact) mass is 332 g/mol. The number of methoxy groups -OCH3 is 1. The fourth-order valence-corrected chi connectivity index (χ4v) is 2.09. The van der Waals surface area contributed by atoms with Gasteiger partial charge in [-0.25, -0.2) is 4.39 Å². The first-order chi connectivity index (χ1) is 11.4. The molecular formula is C17H17FN2O4. The minimum atomic E-state index is -1.01. The number of halogens is 1. The molecule has 24 heavy (non-hydrogen) atoms. The molecule has 0 saturated heterocycles. The molecule has 2 rings (SSSR count). The van der Waals surface area contributed by atoms with Crippen LogP contribution >= 0.6 is 0 Å². The summed E-state index contributed by atoms with van der Waals surface area (Å²) in [7, 11) is 1.47. The number of anilines is 1. The van der Waals surface area contributed by atoms with E-state index in [0.717, 1.165) is 0 Å². The van der Waals surface area contributed by atoms with Crippen LogP contribution in [0.4, 0.5) is 10.1 Å². The van der Waals surface area contributed by atoms with E-state index in [1.165, 1.54) is 37.4 Å². The Balaban J connectivity index is 2.06. The van der Waals surface area contributed by atoms with Crippen LogP contribution < -0.4 is 15.4 Å². The quantitative estimate of drug-likeness (QED) is 0.750. The van der Waals surface area contributed by atoms with Gasteiger partial charge in [0.25, 0.3) is 0 Å². The summed E-state index contributed by atoms with van der Waals surface area (Å²) < 4.78 is 18.5. The third kappa shape index (κ3) is 4.01. The highest BCUT2D eigenvalue weighted by atomic mass is 19.1. The van der Waals surface area contributed by atoms with E-state index in [4.69, 9.17) is 4.74 Å². The molecule has 0 aromatic heterocycles. The summed E-state index contributed by atoms with van der Waals surface area (Å²) in [5.41, 5.74) is 0.302. The molecule has 0 radical (unpaired) electrons. The highest BCUT2D eigenvalue weighted by Gasteiger charge is 2.20. The molecule has 0 aliphatic rings. The lowest BCUT2D eigenvalue weighted by Crippen LogP contribution is -2.37. The summed E-state index contributed by atoms with van der Waals surface area (Å²) in [5.74, 6) is -2.14. The van der Waals surface area contributed by atoms with Gasteiger partial charge >= 0.3 is 11.8 Å². The van der Waals surface area contributed by atoms with E-state index in [0.29, 0.717) is 11.3 Å². The van der Waals surface area contributed by atoms with E-state index in [2.05, 4.69) is 10.6 Å². The summed E-state index contributed by atoms with van der Waals surface area (Å²) in [5, 5.41) is 14.5. The van der Waals surface area contributed by atoms with Gasteiger partial charge in [0, 0.05) is 5.56 Å². The van der Waals surface area contributed by atoms with Crippen molar-refractivity contribution in [2.45, 2.75) is 13.0 Å². The Hall–Kier alpha value is -3.09. The molecular weight excluding hydrogens is 315 g/mol. The van der Waals surface area contributed by atoms with Crippen molar-refractivity contribution < 1.29 is 23.8 Å². The molecule has 126 valence electrons. The molecule has 0 unspecified atom stereocenters. The fourth-order valence-electron chi connectivity index (χ4n) is 2.09. The predicted octanol–water partition coefficient (Wildman–Crippen LogP) is 2.36. The minimum Gasteiger partial charge on any atom is -0.508 e. The number of hydrogen-bond donors (Lipinski definition) is 3. The van der Waals surface area contributed by atoms with Gasteiger partial charge in [-0.05, 0) is 37.3 Å². The van der Waals surface area contributed by atoms with Crippen LogP contribution in [0, 0.1) is 5.82 Å². The highest BCUT2D eigenvalue weighted by Crippen LogP contribution is 2.28. The van der Waals surface area contributed by atoms with Gasteiger partial charge in [0.2, 0.25) is 0 Å². The highest BCUT2D eigenvalue weighted by molar-refractivity contribution is 6.39. The van der Waals surface area contributed by atoms with Crippen molar-refractivity contribution in [3.63, 3.8) is 0 Å². The Bertz CT molecular complexity index is 764. The van der Waals surface area contributed by atoms with Crippen molar-refractivity contribution in [1.29, 1.82) is 0 Å². The number of carbonyl (C=O) groups is 2. The lowest BCUT2D eigenvalue weighted by Gasteiger charge is -2.16. The van der Waals surface area contributed by atoms with Crippen LogP contribution in [-0.4, -0.2) is 24.0 Å². The summed E-state index contributed by atoms with van der Waals surface area (Å²) >= 11 is 0. The molecule has 0 spiro atoms. The van der Waals surface area contributed by atoms with Crippen LogP contribution in [0.5, 0.6) is 11.5 Å². The van der Waals surface area contributed by atoms with Crippen LogP contribution in [0.25, 0.3) is 0 Å². The maximum atomic E-state index is 13.5. The molecule has 6 nitrogen and oxygen atoms in total. The molecule has 0 fully saturated rings. The number of phenolic OH excluding ortho intramolecular Hbond substituents is 1. The van der Waals surface area contributed by atoms with E-state index in [-0.39, 0.29) is 11.4 Å². The van der Waals surface area contributed by atoms with Gasteiger partial charge in [-0.1, -0.05) is 12.1 Å². The van der Waals surface area contributed by atoms with Crippen molar-refractivity contribution in [2.24, 2.45) is 0 Å². The second-order valence-corrected chi connectivity index (χ2v) is 5.05. The van der Waals surface area contributed by atoms with Crippen molar-refractivity contribution in [3.05, 3.63) is 53.8 Å². The second kappa shape index (κ2) is 7.45. The number of para-hydroxylation sites is 1. The molecule has 2 amide bonds. The molecule has 7 heteroatoms. The number of amides is 2. The number of hydrogen-bond acceptors (Lipinski definition) is 4. The Morgan fingerprint density at radius 2 is 1.88 bits per heavy atom. The van der Waals surface area contributed by atoms with Gasteiger partial charge in [0.05, 0.1) is 18.8 Å². The lowest BCUT2D eigenvalue weighted by molar-refractivity contribution is -0.136. The summed E-state index contributed by atoms with van der Waals surface area (Å²) in [6, 6.07) is 9.41. The first-order valence-corrected chi connectivity index (χ1v) is 7.15. The van der Waals surface area contributed by atoms with Gasteiger partial charge in [0.1, 0.15) is 17.3 Å². The average Bonchev–Trinajstić information content (AvgIpc) is 2.57. The normalized spacial score (nSPS) is 11.5. The summed E-state index contributed by atoms with van der Waals surface area (Å²) in [6.45, 7) is 1.60. The van der Waals surface area contributed by atoms with Gasteiger partial charge in [-0.3, -0.25) is 9.59 Å². The fraction of sp³-hybridized carbons (Fsp3) is 0.176. The maximum Gasteiger partial charge on any atom is 0.313 e. The van der Waals surface area contributed by atoms with Crippen LogP contribution in [0.1, 0.15) is 18.5 Å². The SMILES string of the molecule is COc1ccc(O)c([C@@H](C)NC(=O)C(=O)Nc2ccccc2F)c1. The molecule has 3 N–H and O–H groups in total. The molecule has 0 heterocycles. The Kier molecular flexibility index (Phi) is 5.36. The van der Waals surface area contributed by atoms with Gasteiger partial charge < -0.3 is 20.5 Å². The zero-order chi connectivity index (χ0) is 17.7. The lowest BCUT2D eigenvalue weighted by atomic mass is 10.1. The number of phenols is 1. The molecule has 0 bridgehead atoms. The first-order valence-electron chi connectivity index (χ1n) is 7.15. The minimum absolute atomic E-state index is 0.0434. The Morgan fingerprint density at radius 1 is 1.17 bits per heavy atom. The third-order valence-corrected chi connectivity index (χ3v) is 3.38. The van der Waals surface area contributed by atoms with E-state index in [9.17, 15) is 19.1 Å². The van der Waals surface area contributed by atoms with Gasteiger partial charge in [-0.15, -0.1) is 0 Å². The summed E-state index contributed by atoms with van der Waals surface area (Å²) in [6.07, 6.45) is 0. The van der Waals surface area contributed by atoms with Crippen LogP contribution in [0.15, 0.2) is 42.5 Å².